The third-order valence-corrected chi connectivity index (χ3v) is 4.17. The first-order valence-electron chi connectivity index (χ1n) is 7.14. The van der Waals surface area contributed by atoms with Crippen molar-refractivity contribution in [3.05, 3.63) is 0 Å². The van der Waals surface area contributed by atoms with Gasteiger partial charge < -0.3 is 20.6 Å². The van der Waals surface area contributed by atoms with E-state index < -0.39 is 12.0 Å². The smallest absolute Gasteiger partial charge is 0.326 e. The standard InChI is InChI=1S/C13H23N3O3/c1-2-11(12(17)18)15-13(19)14-9-5-7-16-6-3-4-10(16)8-9/h9-11H,2-8H2,1H3,(H,17,18)(H2,14,15,19). The molecule has 0 radical (unpaired) electrons. The van der Waals surface area contributed by atoms with Gasteiger partial charge in [-0.3, -0.25) is 0 Å². The summed E-state index contributed by atoms with van der Waals surface area (Å²) in [5, 5.41) is 14.3. The summed E-state index contributed by atoms with van der Waals surface area (Å²) in [5.74, 6) is -0.983. The van der Waals surface area contributed by atoms with Crippen LogP contribution in [0.4, 0.5) is 4.79 Å². The Bertz CT molecular complexity index is 348. The molecular formula is C13H23N3O3. The molecule has 2 aliphatic rings. The van der Waals surface area contributed by atoms with Crippen molar-refractivity contribution in [2.75, 3.05) is 13.1 Å². The van der Waals surface area contributed by atoms with Gasteiger partial charge >= 0.3 is 12.0 Å². The molecule has 0 saturated carbocycles. The molecule has 108 valence electrons. The number of nitrogens with one attached hydrogen (secondary N) is 2. The van der Waals surface area contributed by atoms with Crippen molar-refractivity contribution in [3.8, 4) is 0 Å². The van der Waals surface area contributed by atoms with Gasteiger partial charge in [-0.15, -0.1) is 0 Å². The number of nitrogens with zero attached hydrogens (tertiary/aromatic N) is 1. The monoisotopic (exact) mass is 269 g/mol. The Kier molecular flexibility index (Phi) is 4.63. The Hall–Kier alpha value is -1.30. The van der Waals surface area contributed by atoms with Crippen LogP contribution in [0.5, 0.6) is 0 Å². The highest BCUT2D eigenvalue weighted by molar-refractivity contribution is 5.82. The Morgan fingerprint density at radius 1 is 1.37 bits per heavy atom. The van der Waals surface area contributed by atoms with Crippen LogP contribution >= 0.6 is 0 Å². The van der Waals surface area contributed by atoms with Gasteiger partial charge in [0.15, 0.2) is 0 Å². The van der Waals surface area contributed by atoms with Crippen LogP contribution in [0.25, 0.3) is 0 Å². The van der Waals surface area contributed by atoms with E-state index in [-0.39, 0.29) is 12.1 Å². The zero-order valence-corrected chi connectivity index (χ0v) is 11.4. The fourth-order valence-corrected chi connectivity index (χ4v) is 3.08. The number of aliphatic carboxylic acids is 1. The first-order chi connectivity index (χ1) is 9.10. The molecule has 0 spiro atoms. The van der Waals surface area contributed by atoms with Gasteiger partial charge in [0.25, 0.3) is 0 Å². The van der Waals surface area contributed by atoms with Crippen molar-refractivity contribution in [1.82, 2.24) is 15.5 Å². The lowest BCUT2D eigenvalue weighted by Crippen LogP contribution is -2.52. The molecule has 0 aromatic carbocycles. The second-order valence-electron chi connectivity index (χ2n) is 5.47. The fraction of sp³-hybridized carbons (Fsp3) is 0.846. The number of hydrogen-bond acceptors (Lipinski definition) is 3. The Balaban J connectivity index is 1.77. The van der Waals surface area contributed by atoms with Crippen LogP contribution in [0.1, 0.15) is 39.0 Å². The van der Waals surface area contributed by atoms with Crippen molar-refractivity contribution in [2.24, 2.45) is 0 Å². The van der Waals surface area contributed by atoms with E-state index in [1.807, 2.05) is 0 Å². The average molecular weight is 269 g/mol. The molecule has 19 heavy (non-hydrogen) atoms. The third-order valence-electron chi connectivity index (χ3n) is 4.17. The van der Waals surface area contributed by atoms with Crippen LogP contribution in [0.3, 0.4) is 0 Å². The molecule has 0 bridgehead atoms. The van der Waals surface area contributed by atoms with E-state index >= 15 is 0 Å². The molecule has 6 heteroatoms. The van der Waals surface area contributed by atoms with E-state index in [4.69, 9.17) is 5.11 Å². The molecule has 2 fully saturated rings. The second-order valence-corrected chi connectivity index (χ2v) is 5.47. The lowest BCUT2D eigenvalue weighted by Gasteiger charge is -2.35. The minimum absolute atomic E-state index is 0.172. The molecule has 6 nitrogen and oxygen atoms in total. The summed E-state index contributed by atoms with van der Waals surface area (Å²) in [7, 11) is 0. The fourth-order valence-electron chi connectivity index (χ4n) is 3.08. The van der Waals surface area contributed by atoms with Gasteiger partial charge in [0, 0.05) is 18.6 Å². The molecule has 3 atom stereocenters. The number of carbonyl (C=O) groups excluding carboxylic acids is 1. The van der Waals surface area contributed by atoms with E-state index in [1.54, 1.807) is 6.92 Å². The molecule has 2 aliphatic heterocycles. The Morgan fingerprint density at radius 2 is 2.16 bits per heavy atom. The summed E-state index contributed by atoms with van der Waals surface area (Å²) < 4.78 is 0. The highest BCUT2D eigenvalue weighted by Gasteiger charge is 2.32. The minimum Gasteiger partial charge on any atom is -0.480 e. The van der Waals surface area contributed by atoms with E-state index in [0.717, 1.165) is 19.4 Å². The van der Waals surface area contributed by atoms with Gasteiger partial charge in [0.05, 0.1) is 0 Å². The number of amides is 2. The van der Waals surface area contributed by atoms with Gasteiger partial charge in [-0.25, -0.2) is 9.59 Å². The van der Waals surface area contributed by atoms with Crippen molar-refractivity contribution in [1.29, 1.82) is 0 Å². The van der Waals surface area contributed by atoms with E-state index in [0.29, 0.717) is 12.5 Å². The van der Waals surface area contributed by atoms with Crippen molar-refractivity contribution in [3.63, 3.8) is 0 Å². The topological polar surface area (TPSA) is 81.7 Å². The Morgan fingerprint density at radius 3 is 2.84 bits per heavy atom. The lowest BCUT2D eigenvalue weighted by atomic mass is 9.98. The summed E-state index contributed by atoms with van der Waals surface area (Å²) in [6.45, 7) is 3.96. The van der Waals surface area contributed by atoms with Gasteiger partial charge in [-0.05, 0) is 38.6 Å². The number of carboxylic acids is 1. The largest absolute Gasteiger partial charge is 0.480 e. The number of carbonyl (C=O) groups is 2. The highest BCUT2D eigenvalue weighted by atomic mass is 16.4. The summed E-state index contributed by atoms with van der Waals surface area (Å²) >= 11 is 0. The summed E-state index contributed by atoms with van der Waals surface area (Å²) in [4.78, 5) is 25.1. The van der Waals surface area contributed by atoms with Gasteiger partial charge in [0.2, 0.25) is 0 Å². The number of fused-ring (bicyclic) bond motifs is 1. The van der Waals surface area contributed by atoms with Crippen molar-refractivity contribution in [2.45, 2.75) is 57.2 Å². The summed E-state index contributed by atoms with van der Waals surface area (Å²) in [5.41, 5.74) is 0. The number of piperidine rings is 1. The van der Waals surface area contributed by atoms with Crippen LogP contribution in [-0.2, 0) is 4.79 Å². The average Bonchev–Trinajstić information content (AvgIpc) is 2.82. The van der Waals surface area contributed by atoms with Crippen LogP contribution in [0, 0.1) is 0 Å². The molecule has 0 aliphatic carbocycles. The summed E-state index contributed by atoms with van der Waals surface area (Å²) in [6.07, 6.45) is 4.79. The molecule has 0 aromatic heterocycles. The highest BCUT2D eigenvalue weighted by Crippen LogP contribution is 2.26. The SMILES string of the molecule is CCC(NC(=O)NC1CCN2CCCC2C1)C(=O)O. The molecule has 2 rings (SSSR count). The molecule has 2 saturated heterocycles. The van der Waals surface area contributed by atoms with Gasteiger partial charge in [0.1, 0.15) is 6.04 Å². The molecule has 2 amide bonds. The zero-order valence-electron chi connectivity index (χ0n) is 11.4. The van der Waals surface area contributed by atoms with Crippen LogP contribution < -0.4 is 10.6 Å². The summed E-state index contributed by atoms with van der Waals surface area (Å²) in [6, 6.07) is -0.386. The van der Waals surface area contributed by atoms with E-state index in [1.165, 1.54) is 19.4 Å². The molecule has 3 N–H and O–H groups in total. The maximum Gasteiger partial charge on any atom is 0.326 e. The third kappa shape index (κ3) is 3.59. The van der Waals surface area contributed by atoms with Gasteiger partial charge in [-0.2, -0.15) is 0 Å². The number of rotatable bonds is 4. The predicted molar refractivity (Wildman–Crippen MR) is 71.0 cm³/mol. The van der Waals surface area contributed by atoms with Crippen LogP contribution in [0.2, 0.25) is 0 Å². The van der Waals surface area contributed by atoms with Crippen molar-refractivity contribution >= 4 is 12.0 Å². The maximum atomic E-state index is 11.8. The van der Waals surface area contributed by atoms with Crippen LogP contribution in [0.15, 0.2) is 0 Å². The van der Waals surface area contributed by atoms with E-state index in [2.05, 4.69) is 15.5 Å². The molecule has 3 unspecified atom stereocenters. The quantitative estimate of drug-likeness (QED) is 0.704. The zero-order chi connectivity index (χ0) is 13.8. The Labute approximate surface area is 113 Å². The first-order valence-corrected chi connectivity index (χ1v) is 7.14. The maximum absolute atomic E-state index is 11.8. The number of urea groups is 1. The molecule has 2 heterocycles. The van der Waals surface area contributed by atoms with E-state index in [9.17, 15) is 9.59 Å². The minimum atomic E-state index is -0.983. The van der Waals surface area contributed by atoms with Crippen LogP contribution in [-0.4, -0.2) is 53.2 Å². The number of carboxylic acid groups (broad SMARTS) is 1. The molecule has 0 aromatic rings. The second kappa shape index (κ2) is 6.23. The molecular weight excluding hydrogens is 246 g/mol. The van der Waals surface area contributed by atoms with Gasteiger partial charge in [-0.1, -0.05) is 6.92 Å². The predicted octanol–water partition coefficient (Wildman–Crippen LogP) is 0.776. The van der Waals surface area contributed by atoms with Crippen molar-refractivity contribution < 1.29 is 14.7 Å². The normalized spacial score (nSPS) is 28.5. The first kappa shape index (κ1) is 14.1. The number of hydrogen-bond donors (Lipinski definition) is 3. The lowest BCUT2D eigenvalue weighted by molar-refractivity contribution is -0.139.